The minimum Gasteiger partial charge on any atom is -0.488 e. The van der Waals surface area contributed by atoms with Crippen LogP contribution in [0.15, 0.2) is 24.5 Å². The molecule has 0 aromatic carbocycles. The minimum atomic E-state index is 0.0852. The van der Waals surface area contributed by atoms with Crippen LogP contribution in [0.25, 0.3) is 0 Å². The maximum atomic E-state index is 11.9. The van der Waals surface area contributed by atoms with E-state index in [-0.39, 0.29) is 18.6 Å². The molecular formula is C15H20N2O3. The quantitative estimate of drug-likeness (QED) is 0.833. The van der Waals surface area contributed by atoms with Crippen molar-refractivity contribution in [3.05, 3.63) is 24.5 Å². The van der Waals surface area contributed by atoms with E-state index in [2.05, 4.69) is 4.98 Å². The van der Waals surface area contributed by atoms with Gasteiger partial charge in [-0.3, -0.25) is 9.78 Å². The van der Waals surface area contributed by atoms with Gasteiger partial charge in [0.1, 0.15) is 18.5 Å². The van der Waals surface area contributed by atoms with Gasteiger partial charge in [-0.15, -0.1) is 0 Å². The second-order valence-electron chi connectivity index (χ2n) is 5.58. The minimum absolute atomic E-state index is 0.0852. The Bertz CT molecular complexity index is 465. The zero-order valence-electron chi connectivity index (χ0n) is 11.7. The molecular weight excluding hydrogens is 256 g/mol. The van der Waals surface area contributed by atoms with Gasteiger partial charge in [0.2, 0.25) is 5.91 Å². The summed E-state index contributed by atoms with van der Waals surface area (Å²) in [6, 6.07) is 3.81. The van der Waals surface area contributed by atoms with Gasteiger partial charge in [-0.2, -0.15) is 0 Å². The van der Waals surface area contributed by atoms with Gasteiger partial charge in [0.15, 0.2) is 0 Å². The highest BCUT2D eigenvalue weighted by molar-refractivity contribution is 5.77. The Morgan fingerprint density at radius 3 is 3.10 bits per heavy atom. The van der Waals surface area contributed by atoms with Crippen LogP contribution >= 0.6 is 0 Å². The maximum Gasteiger partial charge on any atom is 0.248 e. The lowest BCUT2D eigenvalue weighted by Gasteiger charge is -2.21. The van der Waals surface area contributed by atoms with E-state index in [1.54, 1.807) is 19.5 Å². The molecule has 0 unspecified atom stereocenters. The summed E-state index contributed by atoms with van der Waals surface area (Å²) >= 11 is 0. The van der Waals surface area contributed by atoms with Gasteiger partial charge in [-0.1, -0.05) is 0 Å². The van der Waals surface area contributed by atoms with Crippen molar-refractivity contribution in [2.75, 3.05) is 26.8 Å². The second kappa shape index (κ2) is 5.79. The van der Waals surface area contributed by atoms with Gasteiger partial charge in [0, 0.05) is 32.3 Å². The van der Waals surface area contributed by atoms with E-state index in [0.29, 0.717) is 11.8 Å². The zero-order valence-corrected chi connectivity index (χ0v) is 11.7. The Morgan fingerprint density at radius 1 is 1.45 bits per heavy atom. The first-order valence-electron chi connectivity index (χ1n) is 7.11. The summed E-state index contributed by atoms with van der Waals surface area (Å²) in [6.45, 7) is 1.81. The third-order valence-electron chi connectivity index (χ3n) is 4.33. The van der Waals surface area contributed by atoms with Crippen LogP contribution < -0.4 is 4.74 Å². The first-order chi connectivity index (χ1) is 9.78. The van der Waals surface area contributed by atoms with Crippen molar-refractivity contribution in [1.29, 1.82) is 0 Å². The number of pyridine rings is 1. The van der Waals surface area contributed by atoms with Crippen LogP contribution in [0.1, 0.15) is 12.8 Å². The highest BCUT2D eigenvalue weighted by atomic mass is 16.5. The highest BCUT2D eigenvalue weighted by Gasteiger charge is 2.45. The summed E-state index contributed by atoms with van der Waals surface area (Å²) in [7, 11) is 1.56. The molecule has 1 aromatic heterocycles. The summed E-state index contributed by atoms with van der Waals surface area (Å²) in [5, 5.41) is 0. The van der Waals surface area contributed by atoms with E-state index in [1.165, 1.54) is 0 Å². The van der Waals surface area contributed by atoms with Gasteiger partial charge < -0.3 is 14.4 Å². The zero-order chi connectivity index (χ0) is 13.9. The van der Waals surface area contributed by atoms with E-state index in [0.717, 1.165) is 31.7 Å². The van der Waals surface area contributed by atoms with Gasteiger partial charge in [-0.25, -0.2) is 0 Å². The normalized spacial score (nSPS) is 28.4. The summed E-state index contributed by atoms with van der Waals surface area (Å²) < 4.78 is 11.0. The number of carbonyl (C=O) groups is 1. The van der Waals surface area contributed by atoms with Crippen molar-refractivity contribution in [2.24, 2.45) is 11.8 Å². The average Bonchev–Trinajstić information content (AvgIpc) is 3.02. The summed E-state index contributed by atoms with van der Waals surface area (Å²) in [4.78, 5) is 17.9. The Balaban J connectivity index is 1.61. The third kappa shape index (κ3) is 2.63. The van der Waals surface area contributed by atoms with Crippen LogP contribution in [0.3, 0.4) is 0 Å². The largest absolute Gasteiger partial charge is 0.488 e. The van der Waals surface area contributed by atoms with Crippen LogP contribution in [0.5, 0.6) is 5.75 Å². The number of amides is 1. The van der Waals surface area contributed by atoms with Crippen LogP contribution in [0.2, 0.25) is 0 Å². The summed E-state index contributed by atoms with van der Waals surface area (Å²) in [6.07, 6.45) is 5.88. The molecule has 2 heterocycles. The number of hydrogen-bond acceptors (Lipinski definition) is 4. The van der Waals surface area contributed by atoms with Crippen LogP contribution in [0.4, 0.5) is 0 Å². The predicted molar refractivity (Wildman–Crippen MR) is 73.3 cm³/mol. The molecule has 1 amide bonds. The number of fused-ring (bicyclic) bond motifs is 1. The van der Waals surface area contributed by atoms with E-state index in [1.807, 2.05) is 17.0 Å². The van der Waals surface area contributed by atoms with Crippen molar-refractivity contribution >= 4 is 5.91 Å². The number of hydrogen-bond donors (Lipinski definition) is 0. The fraction of sp³-hybridized carbons (Fsp3) is 0.600. The molecule has 3 rings (SSSR count). The van der Waals surface area contributed by atoms with Crippen LogP contribution in [0, 0.1) is 11.8 Å². The van der Waals surface area contributed by atoms with Crippen LogP contribution in [-0.2, 0) is 9.53 Å². The topological polar surface area (TPSA) is 51.7 Å². The fourth-order valence-electron chi connectivity index (χ4n) is 3.37. The van der Waals surface area contributed by atoms with Crippen LogP contribution in [-0.4, -0.2) is 48.7 Å². The van der Waals surface area contributed by atoms with E-state index in [4.69, 9.17) is 9.47 Å². The Morgan fingerprint density at radius 2 is 2.35 bits per heavy atom. The number of aromatic nitrogens is 1. The molecule has 3 atom stereocenters. The lowest BCUT2D eigenvalue weighted by atomic mass is 9.99. The molecule has 20 heavy (non-hydrogen) atoms. The molecule has 5 heteroatoms. The van der Waals surface area contributed by atoms with Crippen molar-refractivity contribution in [2.45, 2.75) is 18.9 Å². The summed E-state index contributed by atoms with van der Waals surface area (Å²) in [5.74, 6) is 1.91. The molecule has 1 aliphatic carbocycles. The van der Waals surface area contributed by atoms with Gasteiger partial charge in [0.25, 0.3) is 0 Å². The SMILES string of the molecule is COCC(=O)N1C[C@H]2CC[C@@H](Oc3cccnc3)[C@H]2C1. The Labute approximate surface area is 118 Å². The van der Waals surface area contributed by atoms with E-state index >= 15 is 0 Å². The highest BCUT2D eigenvalue weighted by Crippen LogP contribution is 2.40. The first-order valence-corrected chi connectivity index (χ1v) is 7.11. The number of likely N-dealkylation sites (tertiary alicyclic amines) is 1. The van der Waals surface area contributed by atoms with Crippen molar-refractivity contribution in [3.63, 3.8) is 0 Å². The maximum absolute atomic E-state index is 11.9. The molecule has 0 spiro atoms. The molecule has 108 valence electrons. The lowest BCUT2D eigenvalue weighted by molar-refractivity contribution is -0.134. The molecule has 0 radical (unpaired) electrons. The molecule has 0 N–H and O–H groups in total. The van der Waals surface area contributed by atoms with E-state index < -0.39 is 0 Å². The van der Waals surface area contributed by atoms with Crippen molar-refractivity contribution in [3.8, 4) is 5.75 Å². The smallest absolute Gasteiger partial charge is 0.248 e. The number of nitrogens with zero attached hydrogens (tertiary/aromatic N) is 2. The standard InChI is InChI=1S/C15H20N2O3/c1-19-10-15(18)17-8-11-4-5-14(13(11)9-17)20-12-3-2-6-16-7-12/h2-3,6-7,11,13-14H,4-5,8-10H2,1H3/t11-,13+,14-/m1/s1. The molecule has 1 aromatic rings. The van der Waals surface area contributed by atoms with Gasteiger partial charge in [0.05, 0.1) is 6.20 Å². The predicted octanol–water partition coefficient (Wildman–Crippen LogP) is 1.34. The number of methoxy groups -OCH3 is 1. The molecule has 1 saturated heterocycles. The van der Waals surface area contributed by atoms with Crippen molar-refractivity contribution in [1.82, 2.24) is 9.88 Å². The number of ether oxygens (including phenoxy) is 2. The monoisotopic (exact) mass is 276 g/mol. The van der Waals surface area contributed by atoms with Gasteiger partial charge in [-0.05, 0) is 30.9 Å². The summed E-state index contributed by atoms with van der Waals surface area (Å²) in [5.41, 5.74) is 0. The molecule has 2 fully saturated rings. The first kappa shape index (κ1) is 13.4. The van der Waals surface area contributed by atoms with Gasteiger partial charge >= 0.3 is 0 Å². The van der Waals surface area contributed by atoms with E-state index in [9.17, 15) is 4.79 Å². The third-order valence-corrected chi connectivity index (χ3v) is 4.33. The second-order valence-corrected chi connectivity index (χ2v) is 5.58. The molecule has 1 aliphatic heterocycles. The molecule has 5 nitrogen and oxygen atoms in total. The Kier molecular flexibility index (Phi) is 3.87. The fourth-order valence-corrected chi connectivity index (χ4v) is 3.37. The number of carbonyl (C=O) groups excluding carboxylic acids is 1. The lowest BCUT2D eigenvalue weighted by Crippen LogP contribution is -2.34. The average molecular weight is 276 g/mol. The number of rotatable bonds is 4. The molecule has 0 bridgehead atoms. The van der Waals surface area contributed by atoms with Crippen molar-refractivity contribution < 1.29 is 14.3 Å². The molecule has 1 saturated carbocycles. The Hall–Kier alpha value is -1.62. The molecule has 2 aliphatic rings.